The van der Waals surface area contributed by atoms with E-state index in [9.17, 15) is 5.11 Å². The molecule has 0 amide bonds. The molecule has 0 aromatic rings. The number of aliphatic hydroxyl groups is 1. The van der Waals surface area contributed by atoms with Gasteiger partial charge in [-0.1, -0.05) is 39.3 Å². The Hall–Kier alpha value is -0.380. The largest absolute Gasteiger partial charge is 0.393 e. The van der Waals surface area contributed by atoms with Gasteiger partial charge < -0.3 is 14.6 Å². The molecule has 1 N–H and O–H groups in total. The summed E-state index contributed by atoms with van der Waals surface area (Å²) in [5.74, 6) is 3.94. The fourth-order valence-electron chi connectivity index (χ4n) is 9.66. The van der Waals surface area contributed by atoms with Crippen LogP contribution in [0, 0.1) is 46.3 Å². The maximum atomic E-state index is 10.3. The molecule has 5 fully saturated rings. The summed E-state index contributed by atoms with van der Waals surface area (Å²) in [5, 5.41) is 10.3. The smallest absolute Gasteiger partial charge is 0.171 e. The van der Waals surface area contributed by atoms with Crippen LogP contribution in [0.4, 0.5) is 0 Å². The summed E-state index contributed by atoms with van der Waals surface area (Å²) in [4.78, 5) is 0. The summed E-state index contributed by atoms with van der Waals surface area (Å²) in [5.41, 5.74) is 2.31. The van der Waals surface area contributed by atoms with E-state index in [1.165, 1.54) is 38.5 Å². The molecule has 11 atom stereocenters. The van der Waals surface area contributed by atoms with Gasteiger partial charge in [0, 0.05) is 12.3 Å². The zero-order valence-corrected chi connectivity index (χ0v) is 19.5. The van der Waals surface area contributed by atoms with Crippen molar-refractivity contribution in [2.24, 2.45) is 46.3 Å². The van der Waals surface area contributed by atoms with Gasteiger partial charge in [-0.15, -0.1) is 0 Å². The number of fused-ring (bicyclic) bond motifs is 7. The van der Waals surface area contributed by atoms with Crippen LogP contribution < -0.4 is 0 Å². The molecule has 0 aromatic heterocycles. The molecule has 0 bridgehead atoms. The van der Waals surface area contributed by atoms with E-state index in [4.69, 9.17) is 9.47 Å². The molecule has 3 saturated carbocycles. The molecule has 1 unspecified atom stereocenters. The van der Waals surface area contributed by atoms with E-state index in [-0.39, 0.29) is 11.9 Å². The summed E-state index contributed by atoms with van der Waals surface area (Å²) in [6, 6.07) is 0. The van der Waals surface area contributed by atoms with Crippen molar-refractivity contribution in [1.29, 1.82) is 0 Å². The van der Waals surface area contributed by atoms with E-state index in [1.54, 1.807) is 5.57 Å². The first kappa shape index (κ1) is 20.2. The van der Waals surface area contributed by atoms with Gasteiger partial charge in [-0.3, -0.25) is 0 Å². The SMILES string of the molecule is C[C@H]1CC[C@@]2(OC1)O[C@H]1C[C@H]3[C@@H]4CC=C5C[C@@H](O)CC[C@]5(C)[C@H]4CC[C@]3(C)C1[C@@H]2C. The quantitative estimate of drug-likeness (QED) is 0.516. The summed E-state index contributed by atoms with van der Waals surface area (Å²) in [6.07, 6.45) is 13.5. The third kappa shape index (κ3) is 2.55. The zero-order chi connectivity index (χ0) is 20.9. The highest BCUT2D eigenvalue weighted by atomic mass is 16.7. The fourth-order valence-corrected chi connectivity index (χ4v) is 9.66. The van der Waals surface area contributed by atoms with Crippen molar-refractivity contribution in [3.05, 3.63) is 11.6 Å². The summed E-state index contributed by atoms with van der Waals surface area (Å²) >= 11 is 0. The van der Waals surface area contributed by atoms with E-state index in [1.807, 2.05) is 0 Å². The Bertz CT molecular complexity index is 736. The van der Waals surface area contributed by atoms with Crippen molar-refractivity contribution in [2.75, 3.05) is 6.61 Å². The summed E-state index contributed by atoms with van der Waals surface area (Å²) < 4.78 is 13.3. The van der Waals surface area contributed by atoms with Crippen molar-refractivity contribution in [3.8, 4) is 0 Å². The number of rotatable bonds is 0. The van der Waals surface area contributed by atoms with Crippen LogP contribution in [0.25, 0.3) is 0 Å². The molecule has 0 radical (unpaired) electrons. The normalized spacial score (nSPS) is 59.8. The molecule has 3 heteroatoms. The Labute approximate surface area is 183 Å². The average Bonchev–Trinajstić information content (AvgIpc) is 3.16. The van der Waals surface area contributed by atoms with Crippen LogP contribution in [0.3, 0.4) is 0 Å². The van der Waals surface area contributed by atoms with Crippen molar-refractivity contribution in [1.82, 2.24) is 0 Å². The fraction of sp³-hybridized carbons (Fsp3) is 0.926. The summed E-state index contributed by atoms with van der Waals surface area (Å²) in [6.45, 7) is 10.8. The Morgan fingerprint density at radius 2 is 1.87 bits per heavy atom. The second-order valence-corrected chi connectivity index (χ2v) is 12.7. The van der Waals surface area contributed by atoms with Gasteiger partial charge in [-0.2, -0.15) is 0 Å². The molecule has 3 nitrogen and oxygen atoms in total. The Morgan fingerprint density at radius 3 is 2.63 bits per heavy atom. The highest BCUT2D eigenvalue weighted by molar-refractivity contribution is 5.26. The lowest BCUT2D eigenvalue weighted by Gasteiger charge is -2.58. The minimum atomic E-state index is -0.294. The van der Waals surface area contributed by atoms with Gasteiger partial charge in [0.05, 0.1) is 18.8 Å². The van der Waals surface area contributed by atoms with Crippen molar-refractivity contribution in [2.45, 2.75) is 103 Å². The summed E-state index contributed by atoms with van der Waals surface area (Å²) in [7, 11) is 0. The van der Waals surface area contributed by atoms with Crippen LogP contribution >= 0.6 is 0 Å². The Balaban J connectivity index is 1.28. The predicted molar refractivity (Wildman–Crippen MR) is 118 cm³/mol. The average molecular weight is 415 g/mol. The lowest BCUT2D eigenvalue weighted by molar-refractivity contribution is -0.272. The number of allylic oxidation sites excluding steroid dienone is 1. The second kappa shape index (κ2) is 6.58. The highest BCUT2D eigenvalue weighted by Gasteiger charge is 2.68. The molecule has 6 aliphatic rings. The third-order valence-corrected chi connectivity index (χ3v) is 11.3. The van der Waals surface area contributed by atoms with Crippen LogP contribution in [0.2, 0.25) is 0 Å². The molecule has 2 aliphatic heterocycles. The Kier molecular flexibility index (Phi) is 4.44. The van der Waals surface area contributed by atoms with E-state index >= 15 is 0 Å². The highest BCUT2D eigenvalue weighted by Crippen LogP contribution is 2.70. The molecular weight excluding hydrogens is 372 g/mol. The van der Waals surface area contributed by atoms with Gasteiger partial charge in [0.2, 0.25) is 0 Å². The minimum absolute atomic E-state index is 0.107. The predicted octanol–water partition coefficient (Wildman–Crippen LogP) is 5.71. The van der Waals surface area contributed by atoms with Crippen LogP contribution in [-0.4, -0.2) is 29.7 Å². The van der Waals surface area contributed by atoms with Gasteiger partial charge in [0.15, 0.2) is 5.79 Å². The maximum Gasteiger partial charge on any atom is 0.171 e. The molecule has 0 aromatic carbocycles. The standard InChI is InChI=1S/C27H42O3/c1-16-7-12-27(29-15-16)17(2)24-23(30-27)14-22-20-6-5-18-13-19(28)8-10-25(18,3)21(20)9-11-26(22,24)4/h5,16-17,19-24,28H,6-15H2,1-4H3/t16-,17-,19-,20+,21-,22-,23-,24?,25-,26-,27+/m0/s1. The lowest BCUT2D eigenvalue weighted by atomic mass is 9.47. The van der Waals surface area contributed by atoms with Crippen molar-refractivity contribution >= 4 is 0 Å². The molecular formula is C27H42O3. The lowest BCUT2D eigenvalue weighted by Crippen LogP contribution is -2.52. The van der Waals surface area contributed by atoms with Crippen LogP contribution in [0.5, 0.6) is 0 Å². The number of hydrogen-bond donors (Lipinski definition) is 1. The first-order chi connectivity index (χ1) is 14.3. The topological polar surface area (TPSA) is 38.7 Å². The zero-order valence-electron chi connectivity index (χ0n) is 19.5. The van der Waals surface area contributed by atoms with Crippen molar-refractivity contribution < 1.29 is 14.6 Å². The Morgan fingerprint density at radius 1 is 1.03 bits per heavy atom. The van der Waals surface area contributed by atoms with Gasteiger partial charge in [-0.25, -0.2) is 0 Å². The van der Waals surface area contributed by atoms with Crippen molar-refractivity contribution in [3.63, 3.8) is 0 Å². The second-order valence-electron chi connectivity index (χ2n) is 12.7. The third-order valence-electron chi connectivity index (χ3n) is 11.3. The van der Waals surface area contributed by atoms with E-state index < -0.39 is 0 Å². The van der Waals surface area contributed by atoms with E-state index in [0.717, 1.165) is 43.6 Å². The minimum Gasteiger partial charge on any atom is -0.393 e. The van der Waals surface area contributed by atoms with Crippen LogP contribution in [0.1, 0.15) is 85.5 Å². The van der Waals surface area contributed by atoms with Gasteiger partial charge >= 0.3 is 0 Å². The molecule has 4 aliphatic carbocycles. The number of hydrogen-bond acceptors (Lipinski definition) is 3. The maximum absolute atomic E-state index is 10.3. The van der Waals surface area contributed by atoms with Crippen LogP contribution in [0.15, 0.2) is 11.6 Å². The van der Waals surface area contributed by atoms with Gasteiger partial charge in [0.25, 0.3) is 0 Å². The monoisotopic (exact) mass is 414 g/mol. The first-order valence-corrected chi connectivity index (χ1v) is 13.0. The molecule has 6 rings (SSSR count). The van der Waals surface area contributed by atoms with E-state index in [0.29, 0.717) is 34.7 Å². The first-order valence-electron chi connectivity index (χ1n) is 13.0. The van der Waals surface area contributed by atoms with Gasteiger partial charge in [-0.05, 0) is 91.8 Å². The molecule has 1 spiro atoms. The molecule has 2 heterocycles. The van der Waals surface area contributed by atoms with E-state index in [2.05, 4.69) is 33.8 Å². The number of aliphatic hydroxyl groups excluding tert-OH is 1. The van der Waals surface area contributed by atoms with Crippen LogP contribution in [-0.2, 0) is 9.47 Å². The number of ether oxygens (including phenoxy) is 2. The van der Waals surface area contributed by atoms with Gasteiger partial charge in [0.1, 0.15) is 0 Å². The molecule has 2 saturated heterocycles. The molecule has 168 valence electrons. The molecule has 30 heavy (non-hydrogen) atoms.